The van der Waals surface area contributed by atoms with Crippen molar-refractivity contribution in [3.05, 3.63) is 0 Å². The number of rotatable bonds is 5. The third-order valence-corrected chi connectivity index (χ3v) is 2.89. The molecule has 0 aliphatic carbocycles. The average molecular weight is 243 g/mol. The Morgan fingerprint density at radius 1 is 1.41 bits per heavy atom. The number of nitrogens with zero attached hydrogens (tertiary/aromatic N) is 1. The second-order valence-electron chi connectivity index (χ2n) is 4.56. The van der Waals surface area contributed by atoms with Crippen LogP contribution in [-0.4, -0.2) is 54.2 Å². The highest BCUT2D eigenvalue weighted by molar-refractivity contribution is 5.94. The maximum atomic E-state index is 11.3. The van der Waals surface area contributed by atoms with Gasteiger partial charge in [0.1, 0.15) is 0 Å². The SMILES string of the molecule is CCCC1(O)CN(CCC(=O)NC(=O)NC)C1. The second-order valence-corrected chi connectivity index (χ2v) is 4.56. The van der Waals surface area contributed by atoms with E-state index >= 15 is 0 Å². The van der Waals surface area contributed by atoms with Crippen LogP contribution in [0.3, 0.4) is 0 Å². The molecule has 0 saturated carbocycles. The summed E-state index contributed by atoms with van der Waals surface area (Å²) in [5, 5.41) is 14.4. The van der Waals surface area contributed by atoms with E-state index in [9.17, 15) is 14.7 Å². The summed E-state index contributed by atoms with van der Waals surface area (Å²) >= 11 is 0. The lowest BCUT2D eigenvalue weighted by Crippen LogP contribution is -2.61. The first kappa shape index (κ1) is 13.9. The number of amides is 3. The van der Waals surface area contributed by atoms with Crippen molar-refractivity contribution in [1.29, 1.82) is 0 Å². The van der Waals surface area contributed by atoms with Gasteiger partial charge in [0.05, 0.1) is 5.60 Å². The van der Waals surface area contributed by atoms with Crippen LogP contribution in [0.25, 0.3) is 0 Å². The Labute approximate surface area is 101 Å². The predicted octanol–water partition coefficient (Wildman–Crippen LogP) is -0.321. The molecule has 1 aliphatic rings. The predicted molar refractivity (Wildman–Crippen MR) is 63.5 cm³/mol. The molecule has 1 aliphatic heterocycles. The van der Waals surface area contributed by atoms with Crippen molar-refractivity contribution in [2.45, 2.75) is 31.8 Å². The van der Waals surface area contributed by atoms with E-state index in [1.807, 2.05) is 11.8 Å². The maximum absolute atomic E-state index is 11.3. The van der Waals surface area contributed by atoms with Gasteiger partial charge in [0, 0.05) is 33.1 Å². The Morgan fingerprint density at radius 2 is 2.06 bits per heavy atom. The summed E-state index contributed by atoms with van der Waals surface area (Å²) in [5.74, 6) is -0.296. The minimum Gasteiger partial charge on any atom is -0.387 e. The summed E-state index contributed by atoms with van der Waals surface area (Å²) < 4.78 is 0. The number of urea groups is 1. The van der Waals surface area contributed by atoms with Gasteiger partial charge in [-0.2, -0.15) is 0 Å². The van der Waals surface area contributed by atoms with Crippen molar-refractivity contribution in [2.24, 2.45) is 0 Å². The van der Waals surface area contributed by atoms with Gasteiger partial charge in [-0.25, -0.2) is 4.79 Å². The summed E-state index contributed by atoms with van der Waals surface area (Å²) in [6.45, 7) is 3.86. The van der Waals surface area contributed by atoms with Crippen LogP contribution in [0.15, 0.2) is 0 Å². The zero-order valence-corrected chi connectivity index (χ0v) is 10.5. The molecule has 6 nitrogen and oxygen atoms in total. The first-order chi connectivity index (χ1) is 7.99. The van der Waals surface area contributed by atoms with Crippen molar-refractivity contribution in [2.75, 3.05) is 26.7 Å². The molecule has 1 rings (SSSR count). The molecule has 3 N–H and O–H groups in total. The number of hydrogen-bond acceptors (Lipinski definition) is 4. The molecule has 1 fully saturated rings. The van der Waals surface area contributed by atoms with Crippen molar-refractivity contribution in [3.8, 4) is 0 Å². The third kappa shape index (κ3) is 4.32. The summed E-state index contributed by atoms with van der Waals surface area (Å²) in [5.41, 5.74) is -0.563. The molecule has 0 bridgehead atoms. The van der Waals surface area contributed by atoms with E-state index < -0.39 is 11.6 Å². The number of β-amino-alcohol motifs (C(OH)–C–C–N with tert-alkyl or cyclic N) is 1. The zero-order valence-electron chi connectivity index (χ0n) is 10.5. The lowest BCUT2D eigenvalue weighted by molar-refractivity contribution is -0.125. The number of likely N-dealkylation sites (tertiary alicyclic amines) is 1. The van der Waals surface area contributed by atoms with E-state index in [2.05, 4.69) is 10.6 Å². The van der Waals surface area contributed by atoms with Crippen LogP contribution in [0, 0.1) is 0 Å². The van der Waals surface area contributed by atoms with Crippen LogP contribution in [-0.2, 0) is 4.79 Å². The van der Waals surface area contributed by atoms with Crippen LogP contribution in [0.2, 0.25) is 0 Å². The third-order valence-electron chi connectivity index (χ3n) is 2.89. The van der Waals surface area contributed by atoms with Gasteiger partial charge in [0.25, 0.3) is 0 Å². The molecule has 0 atom stereocenters. The van der Waals surface area contributed by atoms with Crippen molar-refractivity contribution < 1.29 is 14.7 Å². The highest BCUT2D eigenvalue weighted by Crippen LogP contribution is 2.25. The number of carbonyl (C=O) groups is 2. The van der Waals surface area contributed by atoms with E-state index in [-0.39, 0.29) is 12.3 Å². The first-order valence-corrected chi connectivity index (χ1v) is 5.95. The fourth-order valence-electron chi connectivity index (χ4n) is 2.08. The zero-order chi connectivity index (χ0) is 12.9. The van der Waals surface area contributed by atoms with Crippen LogP contribution in [0.4, 0.5) is 4.79 Å². The smallest absolute Gasteiger partial charge is 0.321 e. The molecule has 1 saturated heterocycles. The van der Waals surface area contributed by atoms with Crippen molar-refractivity contribution in [1.82, 2.24) is 15.5 Å². The van der Waals surface area contributed by atoms with Gasteiger partial charge in [0.2, 0.25) is 5.91 Å². The second kappa shape index (κ2) is 5.97. The van der Waals surface area contributed by atoms with Gasteiger partial charge < -0.3 is 10.4 Å². The molecule has 0 unspecified atom stereocenters. The molecular weight excluding hydrogens is 222 g/mol. The Morgan fingerprint density at radius 3 is 2.59 bits per heavy atom. The minimum absolute atomic E-state index is 0.273. The van der Waals surface area contributed by atoms with Crippen LogP contribution in [0.5, 0.6) is 0 Å². The average Bonchev–Trinajstić information content (AvgIpc) is 2.23. The fourth-order valence-corrected chi connectivity index (χ4v) is 2.08. The van der Waals surface area contributed by atoms with Gasteiger partial charge in [-0.1, -0.05) is 13.3 Å². The summed E-state index contributed by atoms with van der Waals surface area (Å²) in [7, 11) is 1.46. The van der Waals surface area contributed by atoms with Gasteiger partial charge in [-0.05, 0) is 6.42 Å². The number of nitrogens with one attached hydrogen (secondary N) is 2. The van der Waals surface area contributed by atoms with Crippen molar-refractivity contribution in [3.63, 3.8) is 0 Å². The first-order valence-electron chi connectivity index (χ1n) is 5.95. The minimum atomic E-state index is -0.563. The van der Waals surface area contributed by atoms with Crippen LogP contribution >= 0.6 is 0 Å². The summed E-state index contributed by atoms with van der Waals surface area (Å²) in [6, 6.07) is -0.485. The molecule has 3 amide bonds. The monoisotopic (exact) mass is 243 g/mol. The molecule has 0 aromatic heterocycles. The molecule has 1 heterocycles. The molecular formula is C11H21N3O3. The standard InChI is InChI=1S/C11H21N3O3/c1-3-5-11(17)7-14(8-11)6-4-9(15)13-10(16)12-2/h17H,3-8H2,1-2H3,(H2,12,13,15,16). The van der Waals surface area contributed by atoms with Crippen LogP contribution in [0.1, 0.15) is 26.2 Å². The largest absolute Gasteiger partial charge is 0.387 e. The van der Waals surface area contributed by atoms with Crippen molar-refractivity contribution >= 4 is 11.9 Å². The fraction of sp³-hybridized carbons (Fsp3) is 0.818. The Hall–Kier alpha value is -1.14. The highest BCUT2D eigenvalue weighted by atomic mass is 16.3. The van der Waals surface area contributed by atoms with Crippen LogP contribution < -0.4 is 10.6 Å². The molecule has 0 spiro atoms. The lowest BCUT2D eigenvalue weighted by Gasteiger charge is -2.46. The van der Waals surface area contributed by atoms with Gasteiger partial charge >= 0.3 is 6.03 Å². The highest BCUT2D eigenvalue weighted by Gasteiger charge is 2.39. The molecule has 0 radical (unpaired) electrons. The van der Waals surface area contributed by atoms with E-state index in [0.29, 0.717) is 19.6 Å². The van der Waals surface area contributed by atoms with Gasteiger partial charge in [0.15, 0.2) is 0 Å². The lowest BCUT2D eigenvalue weighted by atomic mass is 9.89. The Kier molecular flexibility index (Phi) is 4.89. The molecule has 6 heteroatoms. The molecule has 98 valence electrons. The number of aliphatic hydroxyl groups is 1. The number of imide groups is 1. The van der Waals surface area contributed by atoms with E-state index in [4.69, 9.17) is 0 Å². The van der Waals surface area contributed by atoms with Gasteiger partial charge in [-0.15, -0.1) is 0 Å². The Bertz CT molecular complexity index is 288. The summed E-state index contributed by atoms with van der Waals surface area (Å²) in [6.07, 6.45) is 2.03. The molecule has 17 heavy (non-hydrogen) atoms. The number of hydrogen-bond donors (Lipinski definition) is 3. The van der Waals surface area contributed by atoms with E-state index in [1.165, 1.54) is 7.05 Å². The maximum Gasteiger partial charge on any atom is 0.321 e. The van der Waals surface area contributed by atoms with Gasteiger partial charge in [-0.3, -0.25) is 15.0 Å². The Balaban J connectivity index is 2.13. The number of carbonyl (C=O) groups excluding carboxylic acids is 2. The van der Waals surface area contributed by atoms with E-state index in [0.717, 1.165) is 12.8 Å². The molecule has 0 aromatic rings. The molecule has 0 aromatic carbocycles. The summed E-state index contributed by atoms with van der Waals surface area (Å²) in [4.78, 5) is 24.1. The normalized spacial score (nSPS) is 18.3. The topological polar surface area (TPSA) is 81.7 Å². The van der Waals surface area contributed by atoms with E-state index in [1.54, 1.807) is 0 Å². The quantitative estimate of drug-likeness (QED) is 0.618.